The summed E-state index contributed by atoms with van der Waals surface area (Å²) in [5.41, 5.74) is 5.16. The van der Waals surface area contributed by atoms with Crippen LogP contribution in [0.2, 0.25) is 5.02 Å². The number of amides is 2. The van der Waals surface area contributed by atoms with Crippen molar-refractivity contribution in [3.63, 3.8) is 0 Å². The van der Waals surface area contributed by atoms with Crippen LogP contribution in [0.1, 0.15) is 31.8 Å². The van der Waals surface area contributed by atoms with Crippen molar-refractivity contribution in [3.8, 4) is 5.75 Å². The monoisotopic (exact) mass is 523 g/mol. The molecule has 0 bridgehead atoms. The van der Waals surface area contributed by atoms with Gasteiger partial charge in [-0.2, -0.15) is 5.10 Å². The van der Waals surface area contributed by atoms with Crippen molar-refractivity contribution in [3.05, 3.63) is 136 Å². The number of carbonyl (C=O) groups excluding carboxylic acids is 3. The summed E-state index contributed by atoms with van der Waals surface area (Å²) >= 11 is 5.85. The smallest absolute Gasteiger partial charge is 0.336 e. The second-order valence-corrected chi connectivity index (χ2v) is 8.38. The molecule has 8 heteroatoms. The molecule has 0 fully saturated rings. The topological polar surface area (TPSA) is 96.9 Å². The van der Waals surface area contributed by atoms with Crippen molar-refractivity contribution in [2.75, 3.05) is 5.32 Å². The summed E-state index contributed by atoms with van der Waals surface area (Å²) in [5.74, 6) is -0.980. The molecule has 4 aromatic rings. The zero-order chi connectivity index (χ0) is 26.7. The molecule has 0 saturated carbocycles. The summed E-state index contributed by atoms with van der Waals surface area (Å²) in [6.45, 7) is 0. The van der Waals surface area contributed by atoms with Gasteiger partial charge in [0.1, 0.15) is 5.75 Å². The van der Waals surface area contributed by atoms with Gasteiger partial charge in [-0.25, -0.2) is 10.2 Å². The molecule has 4 aromatic carbocycles. The Morgan fingerprint density at radius 1 is 0.737 bits per heavy atom. The molecule has 2 N–H and O–H groups in total. The van der Waals surface area contributed by atoms with Crippen molar-refractivity contribution >= 4 is 47.4 Å². The molecule has 7 nitrogen and oxygen atoms in total. The van der Waals surface area contributed by atoms with Gasteiger partial charge in [-0.15, -0.1) is 0 Å². The van der Waals surface area contributed by atoms with E-state index in [4.69, 9.17) is 16.3 Å². The average molecular weight is 524 g/mol. The van der Waals surface area contributed by atoms with Crippen molar-refractivity contribution < 1.29 is 19.1 Å². The lowest BCUT2D eigenvalue weighted by atomic mass is 10.1. The lowest BCUT2D eigenvalue weighted by Crippen LogP contribution is -2.18. The molecule has 0 unspecified atom stereocenters. The molecule has 0 spiro atoms. The van der Waals surface area contributed by atoms with E-state index in [1.165, 1.54) is 12.3 Å². The van der Waals surface area contributed by atoms with E-state index in [1.807, 2.05) is 30.3 Å². The maximum absolute atomic E-state index is 12.5. The van der Waals surface area contributed by atoms with E-state index in [0.717, 1.165) is 5.56 Å². The number of hydrogen-bond acceptors (Lipinski definition) is 5. The van der Waals surface area contributed by atoms with Crippen LogP contribution < -0.4 is 15.5 Å². The molecule has 0 saturated heterocycles. The Hall–Kier alpha value is -5.01. The number of para-hydroxylation sites is 1. The van der Waals surface area contributed by atoms with Crippen molar-refractivity contribution in [2.24, 2.45) is 5.10 Å². The van der Waals surface area contributed by atoms with Crippen LogP contribution in [0.3, 0.4) is 0 Å². The van der Waals surface area contributed by atoms with Crippen LogP contribution in [0.4, 0.5) is 5.69 Å². The van der Waals surface area contributed by atoms with Gasteiger partial charge in [-0.3, -0.25) is 9.59 Å². The minimum atomic E-state index is -0.540. The Kier molecular flexibility index (Phi) is 8.78. The fraction of sp³-hybridized carbons (Fsp3) is 0. The molecule has 0 radical (unpaired) electrons. The number of esters is 1. The van der Waals surface area contributed by atoms with Gasteiger partial charge in [0.05, 0.1) is 6.21 Å². The Morgan fingerprint density at radius 3 is 2.11 bits per heavy atom. The second-order valence-electron chi connectivity index (χ2n) is 7.94. The Labute approximate surface area is 224 Å². The molecule has 0 aliphatic carbocycles. The first kappa shape index (κ1) is 26.1. The molecule has 38 heavy (non-hydrogen) atoms. The number of carbonyl (C=O) groups is 3. The second kappa shape index (κ2) is 12.8. The first-order valence-corrected chi connectivity index (χ1v) is 11.9. The first-order valence-electron chi connectivity index (χ1n) is 11.5. The van der Waals surface area contributed by atoms with E-state index >= 15 is 0 Å². The number of nitrogens with zero attached hydrogens (tertiary/aromatic N) is 1. The van der Waals surface area contributed by atoms with E-state index < -0.39 is 11.9 Å². The van der Waals surface area contributed by atoms with Gasteiger partial charge in [-0.1, -0.05) is 54.1 Å². The van der Waals surface area contributed by atoms with Gasteiger partial charge in [0.2, 0.25) is 0 Å². The number of halogens is 1. The quantitative estimate of drug-likeness (QED) is 0.0976. The van der Waals surface area contributed by atoms with Gasteiger partial charge in [0, 0.05) is 33.5 Å². The number of anilines is 1. The molecule has 0 aliphatic rings. The van der Waals surface area contributed by atoms with E-state index in [1.54, 1.807) is 78.9 Å². The summed E-state index contributed by atoms with van der Waals surface area (Å²) in [6, 6.07) is 29.1. The highest BCUT2D eigenvalue weighted by Crippen LogP contribution is 2.17. The number of nitrogens with one attached hydrogen (secondary N) is 2. The lowest BCUT2D eigenvalue weighted by molar-refractivity contribution is -0.128. The number of rotatable bonds is 8. The van der Waals surface area contributed by atoms with Crippen molar-refractivity contribution in [1.82, 2.24) is 5.43 Å². The summed E-state index contributed by atoms with van der Waals surface area (Å²) < 4.78 is 5.42. The van der Waals surface area contributed by atoms with Crippen molar-refractivity contribution in [2.45, 2.75) is 0 Å². The molecule has 0 aromatic heterocycles. The fourth-order valence-electron chi connectivity index (χ4n) is 3.29. The third kappa shape index (κ3) is 7.49. The highest BCUT2D eigenvalue weighted by Gasteiger charge is 2.09. The minimum Gasteiger partial charge on any atom is -0.423 e. The Bertz CT molecular complexity index is 1480. The number of hydrogen-bond donors (Lipinski definition) is 2. The molecule has 4 rings (SSSR count). The van der Waals surface area contributed by atoms with Gasteiger partial charge in [0.25, 0.3) is 11.8 Å². The third-order valence-electron chi connectivity index (χ3n) is 5.22. The summed E-state index contributed by atoms with van der Waals surface area (Å²) in [7, 11) is 0. The number of ether oxygens (including phenoxy) is 1. The van der Waals surface area contributed by atoms with Gasteiger partial charge in [-0.05, 0) is 72.3 Å². The first-order chi connectivity index (χ1) is 18.5. The average Bonchev–Trinajstić information content (AvgIpc) is 2.94. The SMILES string of the molecule is O=C(/C=C/c1ccccc1)Oc1ccccc1/C=N\NC(=O)c1ccc(NC(=O)c2ccc(Cl)cc2)cc1. The minimum absolute atomic E-state index is 0.293. The highest BCUT2D eigenvalue weighted by atomic mass is 35.5. The standard InChI is InChI=1S/C30H22ClN3O4/c31-25-15-11-22(12-16-25)29(36)33-26-17-13-23(14-18-26)30(37)34-32-20-24-8-4-5-9-27(24)38-28(35)19-10-21-6-2-1-3-7-21/h1-20H,(H,33,36)(H,34,37)/b19-10+,32-20-. The predicted molar refractivity (Wildman–Crippen MR) is 148 cm³/mol. The van der Waals surface area contributed by atoms with Crippen LogP contribution in [-0.2, 0) is 4.79 Å². The number of benzene rings is 4. The molecule has 0 aliphatic heterocycles. The van der Waals surface area contributed by atoms with E-state index in [2.05, 4.69) is 15.8 Å². The summed E-state index contributed by atoms with van der Waals surface area (Å²) in [5, 5.41) is 7.28. The molecule has 2 amide bonds. The van der Waals surface area contributed by atoms with E-state index in [9.17, 15) is 14.4 Å². The Balaban J connectivity index is 1.32. The fourth-order valence-corrected chi connectivity index (χ4v) is 3.41. The van der Waals surface area contributed by atoms with E-state index in [-0.39, 0.29) is 5.91 Å². The zero-order valence-corrected chi connectivity index (χ0v) is 20.8. The zero-order valence-electron chi connectivity index (χ0n) is 20.0. The largest absolute Gasteiger partial charge is 0.423 e. The molecule has 188 valence electrons. The summed E-state index contributed by atoms with van der Waals surface area (Å²) in [6.07, 6.45) is 4.39. The summed E-state index contributed by atoms with van der Waals surface area (Å²) in [4.78, 5) is 37.1. The van der Waals surface area contributed by atoms with Crippen LogP contribution in [-0.4, -0.2) is 24.0 Å². The van der Waals surface area contributed by atoms with Crippen LogP contribution in [0.5, 0.6) is 5.75 Å². The van der Waals surface area contributed by atoms with Gasteiger partial charge < -0.3 is 10.1 Å². The van der Waals surface area contributed by atoms with Crippen LogP contribution in [0, 0.1) is 0 Å². The van der Waals surface area contributed by atoms with Crippen LogP contribution in [0.15, 0.2) is 114 Å². The maximum atomic E-state index is 12.5. The normalized spacial score (nSPS) is 10.9. The lowest BCUT2D eigenvalue weighted by Gasteiger charge is -2.07. The van der Waals surface area contributed by atoms with Gasteiger partial charge >= 0.3 is 5.97 Å². The highest BCUT2D eigenvalue weighted by molar-refractivity contribution is 6.30. The molecule has 0 atom stereocenters. The van der Waals surface area contributed by atoms with Crippen molar-refractivity contribution in [1.29, 1.82) is 0 Å². The number of hydrazone groups is 1. The Morgan fingerprint density at radius 2 is 1.37 bits per heavy atom. The predicted octanol–water partition coefficient (Wildman–Crippen LogP) is 5.98. The molecular formula is C30H22ClN3O4. The van der Waals surface area contributed by atoms with Crippen LogP contribution >= 0.6 is 11.6 Å². The molecule has 0 heterocycles. The van der Waals surface area contributed by atoms with Crippen LogP contribution in [0.25, 0.3) is 6.08 Å². The van der Waals surface area contributed by atoms with Gasteiger partial charge in [0.15, 0.2) is 0 Å². The third-order valence-corrected chi connectivity index (χ3v) is 5.47. The molecular weight excluding hydrogens is 502 g/mol. The maximum Gasteiger partial charge on any atom is 0.336 e. The van der Waals surface area contributed by atoms with E-state index in [0.29, 0.717) is 33.1 Å².